The number of hydrogen-bond acceptors (Lipinski definition) is 4. The molecule has 1 unspecified atom stereocenters. The number of nitrogens with zero attached hydrogens (tertiary/aromatic N) is 1. The second-order valence-corrected chi connectivity index (χ2v) is 8.31. The van der Waals surface area contributed by atoms with Gasteiger partial charge in [-0.05, 0) is 54.8 Å². The Labute approximate surface area is 164 Å². The molecule has 0 radical (unpaired) electrons. The Bertz CT molecular complexity index is 772. The Morgan fingerprint density at radius 3 is 2.81 bits per heavy atom. The zero-order chi connectivity index (χ0) is 18.6. The van der Waals surface area contributed by atoms with Crippen LogP contribution in [-0.4, -0.2) is 37.2 Å². The lowest BCUT2D eigenvalue weighted by Crippen LogP contribution is -2.49. The molecule has 1 saturated heterocycles. The van der Waals surface area contributed by atoms with Crippen LogP contribution in [0.25, 0.3) is 0 Å². The number of methoxy groups -OCH3 is 1. The molecule has 1 aliphatic heterocycles. The van der Waals surface area contributed by atoms with E-state index in [0.717, 1.165) is 24.3 Å². The fourth-order valence-corrected chi connectivity index (χ4v) is 4.63. The van der Waals surface area contributed by atoms with Gasteiger partial charge in [0.1, 0.15) is 0 Å². The van der Waals surface area contributed by atoms with E-state index in [1.54, 1.807) is 18.4 Å². The number of amides is 2. The van der Waals surface area contributed by atoms with E-state index in [0.29, 0.717) is 19.6 Å². The van der Waals surface area contributed by atoms with Crippen molar-refractivity contribution in [2.45, 2.75) is 44.2 Å². The van der Waals surface area contributed by atoms with Gasteiger partial charge in [-0.25, -0.2) is 4.79 Å². The van der Waals surface area contributed by atoms with Crippen molar-refractivity contribution in [3.05, 3.63) is 46.2 Å². The Hall–Kier alpha value is -2.21. The molecule has 1 aliphatic carbocycles. The van der Waals surface area contributed by atoms with Gasteiger partial charge in [0.15, 0.2) is 11.5 Å². The van der Waals surface area contributed by atoms with Crippen LogP contribution in [0, 0.1) is 0 Å². The van der Waals surface area contributed by atoms with Gasteiger partial charge in [0.05, 0.1) is 19.8 Å². The Morgan fingerprint density at radius 1 is 1.22 bits per heavy atom. The molecular weight excluding hydrogens is 360 g/mol. The highest BCUT2D eigenvalue weighted by Crippen LogP contribution is 2.35. The molecule has 0 bridgehead atoms. The maximum absolute atomic E-state index is 12.3. The molecule has 2 amide bonds. The molecule has 144 valence electrons. The molecule has 2 fully saturated rings. The van der Waals surface area contributed by atoms with Crippen LogP contribution in [-0.2, 0) is 6.54 Å². The van der Waals surface area contributed by atoms with Crippen molar-refractivity contribution in [1.82, 2.24) is 10.2 Å². The molecule has 2 heterocycles. The van der Waals surface area contributed by atoms with Crippen molar-refractivity contribution in [2.24, 2.45) is 0 Å². The van der Waals surface area contributed by atoms with Gasteiger partial charge in [-0.1, -0.05) is 12.1 Å². The number of urea groups is 1. The molecule has 0 spiro atoms. The number of hydrogen-bond donors (Lipinski definition) is 1. The summed E-state index contributed by atoms with van der Waals surface area (Å²) in [6.07, 6.45) is 4.98. The van der Waals surface area contributed by atoms with Crippen LogP contribution in [0.3, 0.4) is 0 Å². The highest BCUT2D eigenvalue weighted by Gasteiger charge is 2.27. The van der Waals surface area contributed by atoms with E-state index in [-0.39, 0.29) is 18.1 Å². The molecular formula is C21H26N2O3S. The number of thiophene rings is 1. The Morgan fingerprint density at radius 2 is 2.07 bits per heavy atom. The van der Waals surface area contributed by atoms with Crippen LogP contribution in [0.4, 0.5) is 4.79 Å². The summed E-state index contributed by atoms with van der Waals surface area (Å²) < 4.78 is 11.7. The highest BCUT2D eigenvalue weighted by atomic mass is 32.1. The summed E-state index contributed by atoms with van der Waals surface area (Å²) in [5.74, 6) is 1.84. The maximum Gasteiger partial charge on any atom is 0.317 e. The summed E-state index contributed by atoms with van der Waals surface area (Å²) >= 11 is 1.68. The number of ether oxygens (including phenoxy) is 2. The Kier molecular flexibility index (Phi) is 5.53. The molecule has 1 N–H and O–H groups in total. The summed E-state index contributed by atoms with van der Waals surface area (Å²) in [7, 11) is 1.68. The van der Waals surface area contributed by atoms with Crippen LogP contribution >= 0.6 is 11.3 Å². The molecule has 4 rings (SSSR count). The van der Waals surface area contributed by atoms with E-state index in [9.17, 15) is 4.79 Å². The topological polar surface area (TPSA) is 50.8 Å². The summed E-state index contributed by atoms with van der Waals surface area (Å²) in [6.45, 7) is 2.01. The zero-order valence-corrected chi connectivity index (χ0v) is 16.5. The zero-order valence-electron chi connectivity index (χ0n) is 15.6. The van der Waals surface area contributed by atoms with Gasteiger partial charge >= 0.3 is 6.03 Å². The standard InChI is InChI=1S/C21H26N2O3S/c1-25-19-9-8-15(11-20(19)26-17-5-2-3-6-17)16-12-22-21(24)23(13-16)14-18-7-4-10-27-18/h4,7-11,16-17H,2-3,5-6,12-14H2,1H3,(H,22,24). The minimum atomic E-state index is 0.00981. The van der Waals surface area contributed by atoms with Gasteiger partial charge in [0.25, 0.3) is 0 Å². The summed E-state index contributed by atoms with van der Waals surface area (Å²) in [4.78, 5) is 15.4. The smallest absolute Gasteiger partial charge is 0.317 e. The van der Waals surface area contributed by atoms with E-state index in [1.807, 2.05) is 22.4 Å². The fourth-order valence-electron chi connectivity index (χ4n) is 3.91. The third-order valence-corrected chi connectivity index (χ3v) is 6.27. The van der Waals surface area contributed by atoms with Crippen LogP contribution in [0.1, 0.15) is 42.0 Å². The minimum absolute atomic E-state index is 0.00981. The third-order valence-electron chi connectivity index (χ3n) is 5.41. The fraction of sp³-hybridized carbons (Fsp3) is 0.476. The van der Waals surface area contributed by atoms with E-state index in [4.69, 9.17) is 9.47 Å². The van der Waals surface area contributed by atoms with Crippen LogP contribution in [0.5, 0.6) is 11.5 Å². The molecule has 2 aromatic rings. The number of rotatable bonds is 6. The molecule has 2 aliphatic rings. The van der Waals surface area contributed by atoms with Gasteiger partial charge in [-0.15, -0.1) is 11.3 Å². The van der Waals surface area contributed by atoms with Gasteiger partial charge in [-0.2, -0.15) is 0 Å². The first-order valence-corrected chi connectivity index (χ1v) is 10.5. The van der Waals surface area contributed by atoms with Crippen molar-refractivity contribution in [3.8, 4) is 11.5 Å². The van der Waals surface area contributed by atoms with Crippen LogP contribution in [0.2, 0.25) is 0 Å². The summed E-state index contributed by atoms with van der Waals surface area (Å²) in [5, 5.41) is 5.08. The first kappa shape index (κ1) is 18.2. The SMILES string of the molecule is COc1ccc(C2CNC(=O)N(Cc3cccs3)C2)cc1OC1CCCC1. The second-order valence-electron chi connectivity index (χ2n) is 7.28. The van der Waals surface area contributed by atoms with Crippen LogP contribution < -0.4 is 14.8 Å². The van der Waals surface area contributed by atoms with Crippen molar-refractivity contribution >= 4 is 17.4 Å². The maximum atomic E-state index is 12.3. The van der Waals surface area contributed by atoms with Crippen molar-refractivity contribution in [3.63, 3.8) is 0 Å². The Balaban J connectivity index is 1.50. The summed E-state index contributed by atoms with van der Waals surface area (Å²) in [5.41, 5.74) is 1.18. The molecule has 1 atom stereocenters. The average molecular weight is 387 g/mol. The van der Waals surface area contributed by atoms with Crippen molar-refractivity contribution < 1.29 is 14.3 Å². The lowest BCUT2D eigenvalue weighted by atomic mass is 9.96. The lowest BCUT2D eigenvalue weighted by molar-refractivity contribution is 0.177. The molecule has 6 heteroatoms. The normalized spacial score (nSPS) is 20.6. The van der Waals surface area contributed by atoms with Crippen molar-refractivity contribution in [2.75, 3.05) is 20.2 Å². The first-order valence-electron chi connectivity index (χ1n) is 9.62. The van der Waals surface area contributed by atoms with Gasteiger partial charge in [0, 0.05) is 23.9 Å². The third kappa shape index (κ3) is 4.21. The quantitative estimate of drug-likeness (QED) is 0.801. The molecule has 27 heavy (non-hydrogen) atoms. The first-order chi connectivity index (χ1) is 13.2. The monoisotopic (exact) mass is 386 g/mol. The number of carbonyl (C=O) groups excluding carboxylic acids is 1. The van der Waals surface area contributed by atoms with Gasteiger partial charge in [-0.3, -0.25) is 0 Å². The van der Waals surface area contributed by atoms with E-state index in [1.165, 1.54) is 23.3 Å². The van der Waals surface area contributed by atoms with E-state index < -0.39 is 0 Å². The van der Waals surface area contributed by atoms with Crippen LogP contribution in [0.15, 0.2) is 35.7 Å². The van der Waals surface area contributed by atoms with E-state index in [2.05, 4.69) is 23.5 Å². The molecule has 1 aromatic carbocycles. The largest absolute Gasteiger partial charge is 0.493 e. The molecule has 5 nitrogen and oxygen atoms in total. The van der Waals surface area contributed by atoms with Gasteiger partial charge in [0.2, 0.25) is 0 Å². The minimum Gasteiger partial charge on any atom is -0.493 e. The second kappa shape index (κ2) is 8.21. The summed E-state index contributed by atoms with van der Waals surface area (Å²) in [6, 6.07) is 10.3. The molecule has 1 saturated carbocycles. The number of carbonyl (C=O) groups is 1. The lowest BCUT2D eigenvalue weighted by Gasteiger charge is -2.33. The number of benzene rings is 1. The predicted octanol–water partition coefficient (Wildman–Crippen LogP) is 4.39. The highest BCUT2D eigenvalue weighted by molar-refractivity contribution is 7.09. The molecule has 1 aromatic heterocycles. The average Bonchev–Trinajstić information content (AvgIpc) is 3.38. The van der Waals surface area contributed by atoms with E-state index >= 15 is 0 Å². The number of nitrogens with one attached hydrogen (secondary N) is 1. The predicted molar refractivity (Wildman–Crippen MR) is 107 cm³/mol. The van der Waals surface area contributed by atoms with Crippen molar-refractivity contribution in [1.29, 1.82) is 0 Å². The van der Waals surface area contributed by atoms with Gasteiger partial charge < -0.3 is 19.7 Å².